The molecule has 1 aromatic carbocycles. The van der Waals surface area contributed by atoms with Gasteiger partial charge in [-0.3, -0.25) is 4.79 Å². The number of amides is 1. The first-order chi connectivity index (χ1) is 19.0. The van der Waals surface area contributed by atoms with E-state index in [2.05, 4.69) is 50.1 Å². The van der Waals surface area contributed by atoms with Gasteiger partial charge in [0.15, 0.2) is 0 Å². The van der Waals surface area contributed by atoms with E-state index in [1.54, 1.807) is 18.2 Å². The smallest absolute Gasteiger partial charge is 0.251 e. The van der Waals surface area contributed by atoms with Crippen molar-refractivity contribution >= 4 is 29.4 Å². The molecule has 0 radical (unpaired) electrons. The Bertz CT molecular complexity index is 1000. The first kappa shape index (κ1) is 30.5. The highest BCUT2D eigenvalue weighted by molar-refractivity contribution is 5.95. The van der Waals surface area contributed by atoms with Gasteiger partial charge in [0, 0.05) is 36.4 Å². The predicted octanol–water partition coefficient (Wildman–Crippen LogP) is 2.65. The lowest BCUT2D eigenvalue weighted by Crippen LogP contribution is -2.29. The number of benzene rings is 1. The molecule has 12 heteroatoms. The highest BCUT2D eigenvalue weighted by Gasteiger charge is 2.21. The third-order valence-electron chi connectivity index (χ3n) is 6.53. The molecule has 0 unspecified atom stereocenters. The fourth-order valence-electron chi connectivity index (χ4n) is 4.25. The molecule has 1 saturated carbocycles. The number of nitrogens with two attached hydrogens (primary N) is 1. The minimum atomic E-state index is -0.233. The summed E-state index contributed by atoms with van der Waals surface area (Å²) in [6, 6.07) is 7.60. The summed E-state index contributed by atoms with van der Waals surface area (Å²) in [5, 5.41) is 22.7. The van der Waals surface area contributed by atoms with E-state index < -0.39 is 0 Å². The molecule has 2 aromatic rings. The number of anilines is 4. The molecule has 0 atom stereocenters. The molecule has 1 fully saturated rings. The molecular weight excluding hydrogens is 500 g/mol. The standard InChI is InChI=1S/C27H44N8O4/c1-3-20(4-2)30-25-33-26(31-21-8-10-23(36)11-9-21)35-27(34-25)32-22-7-5-6-19(18-22)24(37)29-13-15-39-17-16-38-14-12-28/h5-7,18,20-21,23,36H,3-4,8-17,28H2,1-2H3,(H,29,37)(H3,30,31,32,33,34,35). The lowest BCUT2D eigenvalue weighted by Gasteiger charge is -2.26. The lowest BCUT2D eigenvalue weighted by molar-refractivity contribution is 0.0511. The van der Waals surface area contributed by atoms with Crippen LogP contribution in [0, 0.1) is 0 Å². The van der Waals surface area contributed by atoms with Crippen LogP contribution in [-0.4, -0.2) is 83.7 Å². The third-order valence-corrected chi connectivity index (χ3v) is 6.53. The first-order valence-corrected chi connectivity index (χ1v) is 14.0. The zero-order valence-electron chi connectivity index (χ0n) is 23.1. The molecule has 0 saturated heterocycles. The third kappa shape index (κ3) is 10.9. The van der Waals surface area contributed by atoms with Gasteiger partial charge in [0.25, 0.3) is 5.91 Å². The molecule has 0 aliphatic heterocycles. The molecule has 1 aliphatic rings. The Morgan fingerprint density at radius 3 is 2.41 bits per heavy atom. The van der Waals surface area contributed by atoms with Crippen LogP contribution in [0.15, 0.2) is 24.3 Å². The summed E-state index contributed by atoms with van der Waals surface area (Å²) in [6.07, 6.45) is 4.89. The van der Waals surface area contributed by atoms with Gasteiger partial charge in [-0.15, -0.1) is 0 Å². The minimum absolute atomic E-state index is 0.194. The summed E-state index contributed by atoms with van der Waals surface area (Å²) in [6.45, 7) is 6.94. The van der Waals surface area contributed by atoms with Gasteiger partial charge in [-0.1, -0.05) is 19.9 Å². The number of ether oxygens (including phenoxy) is 2. The van der Waals surface area contributed by atoms with E-state index in [4.69, 9.17) is 15.2 Å². The van der Waals surface area contributed by atoms with E-state index in [1.807, 2.05) is 6.07 Å². The topological polar surface area (TPSA) is 169 Å². The highest BCUT2D eigenvalue weighted by atomic mass is 16.5. The average Bonchev–Trinajstić information content (AvgIpc) is 2.94. The zero-order chi connectivity index (χ0) is 27.9. The Balaban J connectivity index is 1.62. The highest BCUT2D eigenvalue weighted by Crippen LogP contribution is 2.23. The fourth-order valence-corrected chi connectivity index (χ4v) is 4.25. The molecular formula is C27H44N8O4. The van der Waals surface area contributed by atoms with Gasteiger partial charge in [0.05, 0.1) is 32.5 Å². The molecule has 3 rings (SSSR count). The summed E-state index contributed by atoms with van der Waals surface area (Å²) in [5.41, 5.74) is 6.56. The van der Waals surface area contributed by atoms with Gasteiger partial charge in [-0.2, -0.15) is 15.0 Å². The first-order valence-electron chi connectivity index (χ1n) is 14.0. The fraction of sp³-hybridized carbons (Fsp3) is 0.630. The second-order valence-corrected chi connectivity index (χ2v) is 9.59. The van der Waals surface area contributed by atoms with E-state index in [1.165, 1.54) is 0 Å². The van der Waals surface area contributed by atoms with Crippen molar-refractivity contribution in [3.8, 4) is 0 Å². The summed E-state index contributed by atoms with van der Waals surface area (Å²) in [4.78, 5) is 26.4. The summed E-state index contributed by atoms with van der Waals surface area (Å²) in [5.74, 6) is 1.14. The number of carbonyl (C=O) groups excluding carboxylic acids is 1. The number of rotatable bonds is 17. The summed E-state index contributed by atoms with van der Waals surface area (Å²) >= 11 is 0. The second-order valence-electron chi connectivity index (χ2n) is 9.59. The number of carbonyl (C=O) groups is 1. The molecule has 7 N–H and O–H groups in total. The van der Waals surface area contributed by atoms with Crippen LogP contribution in [0.25, 0.3) is 0 Å². The van der Waals surface area contributed by atoms with Gasteiger partial charge in [-0.25, -0.2) is 0 Å². The SMILES string of the molecule is CCC(CC)Nc1nc(Nc2cccc(C(=O)NCCOCCOCCN)c2)nc(NC2CCC(O)CC2)n1. The molecule has 1 heterocycles. The van der Waals surface area contributed by atoms with Crippen LogP contribution in [0.4, 0.5) is 23.5 Å². The van der Waals surface area contributed by atoms with Crippen LogP contribution >= 0.6 is 0 Å². The van der Waals surface area contributed by atoms with Gasteiger partial charge in [-0.05, 0) is 56.7 Å². The minimum Gasteiger partial charge on any atom is -0.393 e. The van der Waals surface area contributed by atoms with Crippen LogP contribution in [-0.2, 0) is 9.47 Å². The number of aliphatic hydroxyl groups is 1. The van der Waals surface area contributed by atoms with Crippen molar-refractivity contribution in [1.29, 1.82) is 0 Å². The summed E-state index contributed by atoms with van der Waals surface area (Å²) < 4.78 is 10.7. The lowest BCUT2D eigenvalue weighted by atomic mass is 9.93. The van der Waals surface area contributed by atoms with Gasteiger partial charge < -0.3 is 41.6 Å². The van der Waals surface area contributed by atoms with Gasteiger partial charge in [0.1, 0.15) is 0 Å². The van der Waals surface area contributed by atoms with Crippen LogP contribution in [0.2, 0.25) is 0 Å². The van der Waals surface area contributed by atoms with Crippen molar-refractivity contribution in [2.45, 2.75) is 70.6 Å². The van der Waals surface area contributed by atoms with Crippen molar-refractivity contribution in [3.05, 3.63) is 29.8 Å². The van der Waals surface area contributed by atoms with Gasteiger partial charge >= 0.3 is 0 Å². The van der Waals surface area contributed by atoms with E-state index in [-0.39, 0.29) is 24.1 Å². The molecule has 1 aliphatic carbocycles. The Morgan fingerprint density at radius 2 is 1.69 bits per heavy atom. The quantitative estimate of drug-likeness (QED) is 0.162. The largest absolute Gasteiger partial charge is 0.393 e. The monoisotopic (exact) mass is 544 g/mol. The molecule has 12 nitrogen and oxygen atoms in total. The average molecular weight is 545 g/mol. The van der Waals surface area contributed by atoms with Crippen LogP contribution in [0.3, 0.4) is 0 Å². The number of nitrogens with one attached hydrogen (secondary N) is 4. The summed E-state index contributed by atoms with van der Waals surface area (Å²) in [7, 11) is 0. The van der Waals surface area contributed by atoms with E-state index in [0.29, 0.717) is 68.6 Å². The Kier molecular flexibility index (Phi) is 13.1. The predicted molar refractivity (Wildman–Crippen MR) is 152 cm³/mol. The van der Waals surface area contributed by atoms with Crippen LogP contribution in [0.5, 0.6) is 0 Å². The maximum atomic E-state index is 12.7. The van der Waals surface area contributed by atoms with Crippen molar-refractivity contribution in [2.24, 2.45) is 5.73 Å². The number of hydrogen-bond acceptors (Lipinski definition) is 11. The maximum absolute atomic E-state index is 12.7. The Morgan fingerprint density at radius 1 is 1.00 bits per heavy atom. The Labute approximate surface area is 230 Å². The molecule has 216 valence electrons. The zero-order valence-corrected chi connectivity index (χ0v) is 23.1. The molecule has 1 amide bonds. The normalized spacial score (nSPS) is 17.2. The maximum Gasteiger partial charge on any atom is 0.251 e. The number of hydrogen-bond donors (Lipinski definition) is 6. The van der Waals surface area contributed by atoms with Crippen molar-refractivity contribution in [1.82, 2.24) is 20.3 Å². The molecule has 0 bridgehead atoms. The number of aliphatic hydroxyl groups excluding tert-OH is 1. The number of aromatic nitrogens is 3. The Hall–Kier alpha value is -3.06. The van der Waals surface area contributed by atoms with Gasteiger partial charge in [0.2, 0.25) is 17.8 Å². The molecule has 39 heavy (non-hydrogen) atoms. The molecule has 1 aromatic heterocycles. The van der Waals surface area contributed by atoms with Crippen molar-refractivity contribution in [2.75, 3.05) is 55.5 Å². The number of nitrogens with zero attached hydrogens (tertiary/aromatic N) is 3. The van der Waals surface area contributed by atoms with Crippen molar-refractivity contribution < 1.29 is 19.4 Å². The van der Waals surface area contributed by atoms with E-state index in [0.717, 1.165) is 38.5 Å². The molecule has 0 spiro atoms. The van der Waals surface area contributed by atoms with E-state index in [9.17, 15) is 9.90 Å². The second kappa shape index (κ2) is 16.8. The van der Waals surface area contributed by atoms with Crippen LogP contribution < -0.4 is 27.0 Å². The van der Waals surface area contributed by atoms with Crippen LogP contribution in [0.1, 0.15) is 62.7 Å². The van der Waals surface area contributed by atoms with Crippen molar-refractivity contribution in [3.63, 3.8) is 0 Å². The van der Waals surface area contributed by atoms with E-state index >= 15 is 0 Å².